The maximum atomic E-state index is 8.63. The second-order valence-electron chi connectivity index (χ2n) is 3.48. The van der Waals surface area contributed by atoms with Crippen molar-refractivity contribution in [2.24, 2.45) is 5.92 Å². The number of rotatable bonds is 5. The SMILES string of the molecule is CC(C)=CCCC(C)CCO.[NaH]. The van der Waals surface area contributed by atoms with Gasteiger partial charge in [-0.15, -0.1) is 0 Å². The summed E-state index contributed by atoms with van der Waals surface area (Å²) in [5.41, 5.74) is 1.39. The van der Waals surface area contributed by atoms with Gasteiger partial charge in [0.05, 0.1) is 0 Å². The summed E-state index contributed by atoms with van der Waals surface area (Å²) in [7, 11) is 0. The van der Waals surface area contributed by atoms with Gasteiger partial charge in [-0.05, 0) is 39.0 Å². The van der Waals surface area contributed by atoms with Crippen LogP contribution in [0.2, 0.25) is 0 Å². The third-order valence-electron chi connectivity index (χ3n) is 1.83. The normalized spacial score (nSPS) is 11.7. The molecule has 0 saturated carbocycles. The molecule has 68 valence electrons. The Bertz CT molecular complexity index is 117. The van der Waals surface area contributed by atoms with Crippen molar-refractivity contribution >= 4 is 29.6 Å². The monoisotopic (exact) mass is 180 g/mol. The van der Waals surface area contributed by atoms with Gasteiger partial charge in [-0.1, -0.05) is 18.6 Å². The molecule has 2 heteroatoms. The Morgan fingerprint density at radius 3 is 2.33 bits per heavy atom. The van der Waals surface area contributed by atoms with Gasteiger partial charge in [0.1, 0.15) is 0 Å². The molecule has 0 aromatic carbocycles. The zero-order valence-corrected chi connectivity index (χ0v) is 7.93. The predicted molar refractivity (Wildman–Crippen MR) is 56.7 cm³/mol. The number of hydrogen-bond donors (Lipinski definition) is 1. The molecule has 12 heavy (non-hydrogen) atoms. The third kappa shape index (κ3) is 10.7. The van der Waals surface area contributed by atoms with Gasteiger partial charge >= 0.3 is 29.6 Å². The Morgan fingerprint density at radius 1 is 1.33 bits per heavy atom. The van der Waals surface area contributed by atoms with E-state index < -0.39 is 0 Å². The van der Waals surface area contributed by atoms with Crippen molar-refractivity contribution in [2.45, 2.75) is 40.0 Å². The molecule has 0 radical (unpaired) electrons. The van der Waals surface area contributed by atoms with Crippen LogP contribution in [0.25, 0.3) is 0 Å². The first kappa shape index (κ1) is 15.2. The zero-order valence-electron chi connectivity index (χ0n) is 7.93. The standard InChI is InChI=1S/C10H20O.Na.H/c1-9(2)5-4-6-10(3)7-8-11;;/h5,10-11H,4,6-8H2,1-3H3;;. The Labute approximate surface area is 98.5 Å². The summed E-state index contributed by atoms with van der Waals surface area (Å²) in [6.45, 7) is 6.76. The van der Waals surface area contributed by atoms with Crippen molar-refractivity contribution in [1.29, 1.82) is 0 Å². The van der Waals surface area contributed by atoms with E-state index in [-0.39, 0.29) is 29.6 Å². The average molecular weight is 180 g/mol. The summed E-state index contributed by atoms with van der Waals surface area (Å²) < 4.78 is 0. The first-order valence-corrected chi connectivity index (χ1v) is 4.41. The van der Waals surface area contributed by atoms with E-state index in [0.717, 1.165) is 12.8 Å². The topological polar surface area (TPSA) is 20.2 Å². The van der Waals surface area contributed by atoms with Crippen molar-refractivity contribution in [3.63, 3.8) is 0 Å². The van der Waals surface area contributed by atoms with Crippen molar-refractivity contribution in [3.8, 4) is 0 Å². The minimum atomic E-state index is 0. The van der Waals surface area contributed by atoms with Crippen molar-refractivity contribution < 1.29 is 5.11 Å². The van der Waals surface area contributed by atoms with Crippen molar-refractivity contribution in [1.82, 2.24) is 0 Å². The van der Waals surface area contributed by atoms with Crippen LogP contribution in [0.1, 0.15) is 40.0 Å². The van der Waals surface area contributed by atoms with Crippen LogP contribution in [0, 0.1) is 5.92 Å². The maximum absolute atomic E-state index is 8.63. The first-order valence-electron chi connectivity index (χ1n) is 4.41. The summed E-state index contributed by atoms with van der Waals surface area (Å²) in [5, 5.41) is 8.63. The predicted octanol–water partition coefficient (Wildman–Crippen LogP) is 2.10. The molecule has 0 heterocycles. The second kappa shape index (κ2) is 9.79. The molecular weight excluding hydrogens is 159 g/mol. The molecular formula is C10H21NaO. The molecule has 0 aromatic heterocycles. The third-order valence-corrected chi connectivity index (χ3v) is 1.83. The molecule has 0 spiro atoms. The zero-order chi connectivity index (χ0) is 8.69. The van der Waals surface area contributed by atoms with Gasteiger partial charge in [-0.2, -0.15) is 0 Å². The molecule has 1 nitrogen and oxygen atoms in total. The van der Waals surface area contributed by atoms with Crippen LogP contribution in [0.5, 0.6) is 0 Å². The quantitative estimate of drug-likeness (QED) is 0.507. The molecule has 0 aliphatic carbocycles. The van der Waals surface area contributed by atoms with Gasteiger partial charge in [-0.3, -0.25) is 0 Å². The summed E-state index contributed by atoms with van der Waals surface area (Å²) in [5.74, 6) is 0.663. The summed E-state index contributed by atoms with van der Waals surface area (Å²) in [6, 6.07) is 0. The Morgan fingerprint density at radius 2 is 1.92 bits per heavy atom. The molecule has 0 rings (SSSR count). The summed E-state index contributed by atoms with van der Waals surface area (Å²) in [6.07, 6.45) is 5.56. The van der Waals surface area contributed by atoms with Crippen LogP contribution >= 0.6 is 0 Å². The molecule has 0 aliphatic heterocycles. The van der Waals surface area contributed by atoms with Crippen LogP contribution in [-0.4, -0.2) is 41.3 Å². The molecule has 1 atom stereocenters. The van der Waals surface area contributed by atoms with E-state index >= 15 is 0 Å². The second-order valence-corrected chi connectivity index (χ2v) is 3.48. The van der Waals surface area contributed by atoms with Gasteiger partial charge in [0, 0.05) is 6.61 Å². The molecule has 0 saturated heterocycles. The van der Waals surface area contributed by atoms with E-state index in [4.69, 9.17) is 5.11 Å². The molecule has 0 fully saturated rings. The van der Waals surface area contributed by atoms with Gasteiger partial charge < -0.3 is 5.11 Å². The van der Waals surface area contributed by atoms with Gasteiger partial charge in [-0.25, -0.2) is 0 Å². The van der Waals surface area contributed by atoms with E-state index in [1.165, 1.54) is 12.0 Å². The van der Waals surface area contributed by atoms with Gasteiger partial charge in [0.2, 0.25) is 0 Å². The van der Waals surface area contributed by atoms with E-state index in [1.807, 2.05) is 0 Å². The van der Waals surface area contributed by atoms with Gasteiger partial charge in [0.15, 0.2) is 0 Å². The Balaban J connectivity index is 0. The molecule has 1 N–H and O–H groups in total. The minimum absolute atomic E-state index is 0. The van der Waals surface area contributed by atoms with E-state index in [0.29, 0.717) is 12.5 Å². The number of allylic oxidation sites excluding steroid dienone is 2. The van der Waals surface area contributed by atoms with Crippen LogP contribution in [0.4, 0.5) is 0 Å². The van der Waals surface area contributed by atoms with Crippen LogP contribution in [0.3, 0.4) is 0 Å². The fourth-order valence-corrected chi connectivity index (χ4v) is 1.02. The molecule has 1 unspecified atom stereocenters. The molecule has 0 aliphatic rings. The Hall–Kier alpha value is 0.700. The summed E-state index contributed by atoms with van der Waals surface area (Å²) in [4.78, 5) is 0. The number of aliphatic hydroxyl groups excluding tert-OH is 1. The van der Waals surface area contributed by atoms with E-state index in [9.17, 15) is 0 Å². The van der Waals surface area contributed by atoms with Crippen molar-refractivity contribution in [3.05, 3.63) is 11.6 Å². The van der Waals surface area contributed by atoms with E-state index in [2.05, 4.69) is 26.8 Å². The number of aliphatic hydroxyl groups is 1. The Kier molecular flexibility index (Phi) is 12.4. The van der Waals surface area contributed by atoms with Gasteiger partial charge in [0.25, 0.3) is 0 Å². The first-order chi connectivity index (χ1) is 5.16. The van der Waals surface area contributed by atoms with Crippen LogP contribution in [0.15, 0.2) is 11.6 Å². The fourth-order valence-electron chi connectivity index (χ4n) is 1.02. The van der Waals surface area contributed by atoms with Crippen LogP contribution < -0.4 is 0 Å². The molecule has 0 aromatic rings. The molecule has 0 amide bonds. The van der Waals surface area contributed by atoms with Crippen LogP contribution in [-0.2, 0) is 0 Å². The fraction of sp³-hybridized carbons (Fsp3) is 0.800. The average Bonchev–Trinajstić information content (AvgIpc) is 1.87. The van der Waals surface area contributed by atoms with E-state index in [1.54, 1.807) is 0 Å². The molecule has 0 bridgehead atoms. The van der Waals surface area contributed by atoms with Crippen molar-refractivity contribution in [2.75, 3.05) is 6.61 Å². The number of hydrogen-bond acceptors (Lipinski definition) is 1. The summed E-state index contributed by atoms with van der Waals surface area (Å²) >= 11 is 0.